The molecule has 0 radical (unpaired) electrons. The zero-order valence-electron chi connectivity index (χ0n) is 10.4. The summed E-state index contributed by atoms with van der Waals surface area (Å²) in [7, 11) is 0. The molecule has 0 aromatic heterocycles. The summed E-state index contributed by atoms with van der Waals surface area (Å²) < 4.78 is 0. The smallest absolute Gasteiger partial charge is 0.0172 e. The first kappa shape index (κ1) is 13.2. The van der Waals surface area contributed by atoms with E-state index in [-0.39, 0.29) is 0 Å². The summed E-state index contributed by atoms with van der Waals surface area (Å²) in [6, 6.07) is 0. The van der Waals surface area contributed by atoms with E-state index in [1.807, 2.05) is 0 Å². The molecule has 1 unspecified atom stereocenters. The summed E-state index contributed by atoms with van der Waals surface area (Å²) in [5.74, 6) is 1.34. The predicted octanol–water partition coefficient (Wildman–Crippen LogP) is 3.77. The number of nitrogens with zero attached hydrogens (tertiary/aromatic N) is 1. The van der Waals surface area contributed by atoms with Gasteiger partial charge in [-0.3, -0.25) is 0 Å². The molecule has 0 amide bonds. The van der Waals surface area contributed by atoms with Gasteiger partial charge in [0, 0.05) is 36.0 Å². The van der Waals surface area contributed by atoms with E-state index < -0.39 is 0 Å². The van der Waals surface area contributed by atoms with Gasteiger partial charge in [0.25, 0.3) is 0 Å². The van der Waals surface area contributed by atoms with Gasteiger partial charge in [-0.25, -0.2) is 0 Å². The van der Waals surface area contributed by atoms with Gasteiger partial charge in [-0.2, -0.15) is 11.8 Å². The lowest BCUT2D eigenvalue weighted by molar-refractivity contribution is 0.176. The van der Waals surface area contributed by atoms with E-state index in [1.165, 1.54) is 62.8 Å². The third kappa shape index (κ3) is 3.17. The fraction of sp³-hybridized carbons (Fsp3) is 1.00. The van der Waals surface area contributed by atoms with E-state index >= 15 is 0 Å². The van der Waals surface area contributed by atoms with Crippen LogP contribution in [0.5, 0.6) is 0 Å². The van der Waals surface area contributed by atoms with Crippen LogP contribution in [0.15, 0.2) is 0 Å². The van der Waals surface area contributed by atoms with Crippen molar-refractivity contribution in [3.8, 4) is 0 Å². The Morgan fingerprint density at radius 3 is 2.75 bits per heavy atom. The quantitative estimate of drug-likeness (QED) is 0.727. The molecule has 16 heavy (non-hydrogen) atoms. The van der Waals surface area contributed by atoms with Crippen molar-refractivity contribution in [2.45, 2.75) is 44.3 Å². The number of halogens is 1. The molecule has 1 aliphatic carbocycles. The van der Waals surface area contributed by atoms with Gasteiger partial charge in [0.05, 0.1) is 0 Å². The van der Waals surface area contributed by atoms with Crippen molar-refractivity contribution >= 4 is 27.7 Å². The van der Waals surface area contributed by atoms with Crippen LogP contribution >= 0.6 is 27.7 Å². The zero-order valence-corrected chi connectivity index (χ0v) is 12.8. The Kier molecular flexibility index (Phi) is 5.05. The fourth-order valence-electron chi connectivity index (χ4n) is 3.10. The van der Waals surface area contributed by atoms with Gasteiger partial charge in [0.1, 0.15) is 0 Å². The van der Waals surface area contributed by atoms with Gasteiger partial charge in [-0.05, 0) is 24.7 Å². The van der Waals surface area contributed by atoms with Crippen LogP contribution in [0.3, 0.4) is 0 Å². The van der Waals surface area contributed by atoms with Crippen molar-refractivity contribution in [2.24, 2.45) is 5.41 Å². The lowest BCUT2D eigenvalue weighted by atomic mass is 9.88. The number of hydrogen-bond donors (Lipinski definition) is 0. The highest BCUT2D eigenvalue weighted by molar-refractivity contribution is 9.09. The predicted molar refractivity (Wildman–Crippen MR) is 77.7 cm³/mol. The molecule has 2 rings (SSSR count). The molecule has 0 spiro atoms. The van der Waals surface area contributed by atoms with E-state index in [2.05, 4.69) is 39.5 Å². The standard InChI is InChI=1S/C13H24BrNS/c1-2-12-9-15(7-8-16-12)11-13(10-14)5-3-4-6-13/h12H,2-11H2,1H3. The van der Waals surface area contributed by atoms with Crippen LogP contribution in [-0.4, -0.2) is 40.9 Å². The van der Waals surface area contributed by atoms with Crippen LogP contribution in [0, 0.1) is 5.41 Å². The highest BCUT2D eigenvalue weighted by Crippen LogP contribution is 2.40. The summed E-state index contributed by atoms with van der Waals surface area (Å²) in [6.07, 6.45) is 7.12. The Labute approximate surface area is 113 Å². The third-order valence-electron chi connectivity index (χ3n) is 4.18. The molecule has 1 saturated carbocycles. The van der Waals surface area contributed by atoms with Gasteiger partial charge in [0.2, 0.25) is 0 Å². The minimum atomic E-state index is 0.611. The second kappa shape index (κ2) is 6.10. The first-order valence-electron chi connectivity index (χ1n) is 6.68. The van der Waals surface area contributed by atoms with Gasteiger partial charge >= 0.3 is 0 Å². The fourth-order valence-corrected chi connectivity index (χ4v) is 5.09. The molecule has 0 N–H and O–H groups in total. The summed E-state index contributed by atoms with van der Waals surface area (Å²) in [6.45, 7) is 6.32. The van der Waals surface area contributed by atoms with Crippen LogP contribution in [-0.2, 0) is 0 Å². The molecule has 1 heterocycles. The van der Waals surface area contributed by atoms with Gasteiger partial charge in [-0.1, -0.05) is 35.7 Å². The van der Waals surface area contributed by atoms with Crippen molar-refractivity contribution in [3.05, 3.63) is 0 Å². The van der Waals surface area contributed by atoms with Crippen LogP contribution < -0.4 is 0 Å². The van der Waals surface area contributed by atoms with Crippen molar-refractivity contribution in [3.63, 3.8) is 0 Å². The van der Waals surface area contributed by atoms with Gasteiger partial charge in [0.15, 0.2) is 0 Å². The topological polar surface area (TPSA) is 3.24 Å². The minimum Gasteiger partial charge on any atom is -0.301 e. The highest BCUT2D eigenvalue weighted by atomic mass is 79.9. The van der Waals surface area contributed by atoms with Gasteiger partial charge in [-0.15, -0.1) is 0 Å². The van der Waals surface area contributed by atoms with Gasteiger partial charge < -0.3 is 4.90 Å². The van der Waals surface area contributed by atoms with Crippen LogP contribution in [0.1, 0.15) is 39.0 Å². The molecular weight excluding hydrogens is 282 g/mol. The van der Waals surface area contributed by atoms with E-state index in [1.54, 1.807) is 0 Å². The number of alkyl halides is 1. The molecule has 1 aliphatic heterocycles. The number of hydrogen-bond acceptors (Lipinski definition) is 2. The van der Waals surface area contributed by atoms with Crippen molar-refractivity contribution in [2.75, 3.05) is 30.7 Å². The molecule has 1 atom stereocenters. The first-order valence-corrected chi connectivity index (χ1v) is 8.85. The third-order valence-corrected chi connectivity index (χ3v) is 6.75. The van der Waals surface area contributed by atoms with Crippen LogP contribution in [0.4, 0.5) is 0 Å². The van der Waals surface area contributed by atoms with E-state index in [0.29, 0.717) is 5.41 Å². The molecule has 2 fully saturated rings. The maximum Gasteiger partial charge on any atom is 0.0172 e. The summed E-state index contributed by atoms with van der Waals surface area (Å²) in [5, 5.41) is 2.10. The molecule has 1 nitrogen and oxygen atoms in total. The molecular formula is C13H24BrNS. The molecule has 3 heteroatoms. The lowest BCUT2D eigenvalue weighted by Gasteiger charge is -2.38. The molecule has 1 saturated heterocycles. The molecule has 0 bridgehead atoms. The molecule has 94 valence electrons. The van der Waals surface area contributed by atoms with E-state index in [9.17, 15) is 0 Å². The number of rotatable bonds is 4. The SMILES string of the molecule is CCC1CN(CC2(CBr)CCCC2)CCS1. The summed E-state index contributed by atoms with van der Waals surface area (Å²) >= 11 is 5.94. The summed E-state index contributed by atoms with van der Waals surface area (Å²) in [5.41, 5.74) is 0.611. The van der Waals surface area contributed by atoms with E-state index in [4.69, 9.17) is 0 Å². The van der Waals surface area contributed by atoms with E-state index in [0.717, 1.165) is 5.25 Å². The normalized spacial score (nSPS) is 30.8. The Bertz CT molecular complexity index is 216. The average molecular weight is 306 g/mol. The van der Waals surface area contributed by atoms with Crippen LogP contribution in [0.2, 0.25) is 0 Å². The van der Waals surface area contributed by atoms with Crippen molar-refractivity contribution in [1.29, 1.82) is 0 Å². The zero-order chi connectivity index (χ0) is 11.4. The minimum absolute atomic E-state index is 0.611. The number of thioether (sulfide) groups is 1. The molecule has 2 aliphatic rings. The molecule has 0 aromatic rings. The Morgan fingerprint density at radius 1 is 1.38 bits per heavy atom. The summed E-state index contributed by atoms with van der Waals surface area (Å²) in [4.78, 5) is 2.73. The largest absolute Gasteiger partial charge is 0.301 e. The Hall–Kier alpha value is 0.790. The second-order valence-corrected chi connectivity index (χ2v) is 7.45. The lowest BCUT2D eigenvalue weighted by Crippen LogP contribution is -2.44. The highest BCUT2D eigenvalue weighted by Gasteiger charge is 2.35. The first-order chi connectivity index (χ1) is 7.78. The maximum atomic E-state index is 3.76. The van der Waals surface area contributed by atoms with Crippen molar-refractivity contribution < 1.29 is 0 Å². The second-order valence-electron chi connectivity index (χ2n) is 5.48. The monoisotopic (exact) mass is 305 g/mol. The Morgan fingerprint density at radius 2 is 2.12 bits per heavy atom. The van der Waals surface area contributed by atoms with Crippen LogP contribution in [0.25, 0.3) is 0 Å². The Balaban J connectivity index is 1.87. The average Bonchev–Trinajstić information content (AvgIpc) is 2.78. The van der Waals surface area contributed by atoms with Crippen molar-refractivity contribution in [1.82, 2.24) is 4.90 Å². The maximum absolute atomic E-state index is 3.76. The molecule has 0 aromatic carbocycles.